The number of nitrogens with zero attached hydrogens (tertiary/aromatic N) is 7. The lowest BCUT2D eigenvalue weighted by atomic mass is 9.80. The molecule has 9 heteroatoms. The van der Waals surface area contributed by atoms with Crippen molar-refractivity contribution in [3.63, 3.8) is 0 Å². The Morgan fingerprint density at radius 2 is 2.00 bits per heavy atom. The number of halogens is 1. The van der Waals surface area contributed by atoms with Crippen molar-refractivity contribution in [1.82, 2.24) is 29.3 Å². The summed E-state index contributed by atoms with van der Waals surface area (Å²) in [4.78, 5) is 13.7. The zero-order valence-electron chi connectivity index (χ0n) is 21.1. The number of hydrogen-bond donors (Lipinski definition) is 0. The minimum atomic E-state index is -0.726. The predicted octanol–water partition coefficient (Wildman–Crippen LogP) is 5.02. The van der Waals surface area contributed by atoms with Crippen molar-refractivity contribution in [3.05, 3.63) is 70.8 Å². The van der Waals surface area contributed by atoms with Crippen LogP contribution in [0, 0.1) is 31.0 Å². The van der Waals surface area contributed by atoms with Crippen LogP contribution < -0.4 is 4.74 Å². The number of pyridine rings is 1. The quantitative estimate of drug-likeness (QED) is 0.394. The van der Waals surface area contributed by atoms with Gasteiger partial charge in [-0.3, -0.25) is 0 Å². The van der Waals surface area contributed by atoms with Gasteiger partial charge in [-0.15, -0.1) is 5.10 Å². The Hall–Kier alpha value is -4.06. The summed E-state index contributed by atoms with van der Waals surface area (Å²) in [7, 11) is 1.57. The van der Waals surface area contributed by atoms with Crippen LogP contribution in [0.5, 0.6) is 5.88 Å². The number of aromatic nitrogens is 6. The first-order valence-electron chi connectivity index (χ1n) is 11.9. The average molecular weight is 486 g/mol. The first-order chi connectivity index (χ1) is 17.2. The molecule has 0 saturated heterocycles. The molecule has 1 atom stereocenters. The number of aryl methyl sites for hydroxylation is 3. The van der Waals surface area contributed by atoms with Gasteiger partial charge in [-0.25, -0.2) is 24.0 Å². The second-order valence-electron chi connectivity index (χ2n) is 9.78. The van der Waals surface area contributed by atoms with Crippen LogP contribution >= 0.6 is 0 Å². The summed E-state index contributed by atoms with van der Waals surface area (Å²) in [6, 6.07) is 9.46. The van der Waals surface area contributed by atoms with E-state index in [0.29, 0.717) is 35.3 Å². The maximum absolute atomic E-state index is 15.3. The van der Waals surface area contributed by atoms with E-state index in [9.17, 15) is 5.26 Å². The summed E-state index contributed by atoms with van der Waals surface area (Å²) >= 11 is 0. The first kappa shape index (κ1) is 23.7. The van der Waals surface area contributed by atoms with Crippen molar-refractivity contribution < 1.29 is 9.13 Å². The van der Waals surface area contributed by atoms with E-state index in [1.807, 2.05) is 61.3 Å². The fourth-order valence-electron chi connectivity index (χ4n) is 4.90. The highest BCUT2D eigenvalue weighted by atomic mass is 19.1. The van der Waals surface area contributed by atoms with Gasteiger partial charge in [0.1, 0.15) is 23.0 Å². The lowest BCUT2D eigenvalue weighted by molar-refractivity contribution is 0.396. The fourth-order valence-corrected chi connectivity index (χ4v) is 4.90. The van der Waals surface area contributed by atoms with Gasteiger partial charge in [-0.05, 0) is 75.4 Å². The van der Waals surface area contributed by atoms with Gasteiger partial charge < -0.3 is 9.30 Å². The van der Waals surface area contributed by atoms with Crippen molar-refractivity contribution in [2.24, 2.45) is 0 Å². The zero-order chi connectivity index (χ0) is 25.6. The van der Waals surface area contributed by atoms with Gasteiger partial charge in [-0.1, -0.05) is 6.07 Å². The first-order valence-corrected chi connectivity index (χ1v) is 11.9. The van der Waals surface area contributed by atoms with Gasteiger partial charge in [0, 0.05) is 18.7 Å². The normalized spacial score (nSPS) is 15.4. The van der Waals surface area contributed by atoms with Crippen LogP contribution in [0.4, 0.5) is 4.39 Å². The highest BCUT2D eigenvalue weighted by molar-refractivity contribution is 5.56. The van der Waals surface area contributed by atoms with Crippen LogP contribution in [0.3, 0.4) is 0 Å². The Bertz CT molecular complexity index is 1490. The van der Waals surface area contributed by atoms with Gasteiger partial charge in [0.25, 0.3) is 0 Å². The van der Waals surface area contributed by atoms with Crippen molar-refractivity contribution in [1.29, 1.82) is 5.26 Å². The Balaban J connectivity index is 1.55. The smallest absolute Gasteiger partial charge is 0.238 e. The molecule has 0 amide bonds. The van der Waals surface area contributed by atoms with Crippen molar-refractivity contribution >= 4 is 0 Å². The number of hydrogen-bond acceptors (Lipinski definition) is 6. The van der Waals surface area contributed by atoms with Gasteiger partial charge in [-0.2, -0.15) is 5.26 Å². The number of imidazole rings is 1. The summed E-state index contributed by atoms with van der Waals surface area (Å²) in [5.41, 5.74) is 3.65. The van der Waals surface area contributed by atoms with E-state index in [-0.39, 0.29) is 11.7 Å². The van der Waals surface area contributed by atoms with E-state index in [0.717, 1.165) is 35.3 Å². The number of fused-ring (bicyclic) bond motifs is 1. The molecule has 5 rings (SSSR count). The molecule has 0 unspecified atom stereocenters. The van der Waals surface area contributed by atoms with Crippen LogP contribution in [0.25, 0.3) is 17.2 Å². The molecule has 0 radical (unpaired) electrons. The van der Waals surface area contributed by atoms with Crippen LogP contribution in [0.15, 0.2) is 36.8 Å². The molecular weight excluding hydrogens is 457 g/mol. The van der Waals surface area contributed by atoms with E-state index in [2.05, 4.69) is 16.0 Å². The van der Waals surface area contributed by atoms with E-state index in [1.165, 1.54) is 6.07 Å². The summed E-state index contributed by atoms with van der Waals surface area (Å²) in [6.07, 6.45) is 5.21. The van der Waals surface area contributed by atoms with Crippen LogP contribution in [0.2, 0.25) is 0 Å². The highest BCUT2D eigenvalue weighted by Gasteiger charge is 2.31. The SMILES string of the molecule is COc1nc(-c2nc3n(n2)CCC[C@H]3c2cc(C(C)(C)C#N)c(C)cc2F)ccc1-n1cnc(C)c1. The Morgan fingerprint density at radius 3 is 2.69 bits per heavy atom. The molecule has 0 aliphatic carbocycles. The Labute approximate surface area is 209 Å². The molecule has 1 aliphatic heterocycles. The van der Waals surface area contributed by atoms with Gasteiger partial charge >= 0.3 is 0 Å². The average Bonchev–Trinajstić information content (AvgIpc) is 3.50. The van der Waals surface area contributed by atoms with Crippen LogP contribution in [-0.4, -0.2) is 36.4 Å². The van der Waals surface area contributed by atoms with Crippen molar-refractivity contribution in [2.45, 2.75) is 58.4 Å². The van der Waals surface area contributed by atoms with Crippen molar-refractivity contribution in [2.75, 3.05) is 7.11 Å². The third-order valence-electron chi connectivity index (χ3n) is 6.80. The molecule has 1 aliphatic rings. The summed E-state index contributed by atoms with van der Waals surface area (Å²) in [5.74, 6) is 1.06. The van der Waals surface area contributed by atoms with Crippen LogP contribution in [0.1, 0.15) is 60.8 Å². The number of ether oxygens (including phenoxy) is 1. The monoisotopic (exact) mass is 485 g/mol. The summed E-state index contributed by atoms with van der Waals surface area (Å²) < 4.78 is 24.5. The molecule has 0 bridgehead atoms. The van der Waals surface area contributed by atoms with Gasteiger partial charge in [0.15, 0.2) is 5.82 Å². The summed E-state index contributed by atoms with van der Waals surface area (Å²) in [6.45, 7) is 8.17. The molecular formula is C27H28FN7O. The molecule has 36 heavy (non-hydrogen) atoms. The molecule has 0 fully saturated rings. The number of nitriles is 1. The van der Waals surface area contributed by atoms with Gasteiger partial charge in [0.05, 0.1) is 30.6 Å². The minimum absolute atomic E-state index is 0.260. The molecule has 3 aromatic heterocycles. The van der Waals surface area contributed by atoms with E-state index >= 15 is 4.39 Å². The third-order valence-corrected chi connectivity index (χ3v) is 6.80. The molecule has 0 spiro atoms. The molecule has 4 aromatic rings. The van der Waals surface area contributed by atoms with Crippen LogP contribution in [-0.2, 0) is 12.0 Å². The van der Waals surface area contributed by atoms with E-state index in [1.54, 1.807) is 13.4 Å². The highest BCUT2D eigenvalue weighted by Crippen LogP contribution is 2.38. The van der Waals surface area contributed by atoms with E-state index < -0.39 is 5.41 Å². The fraction of sp³-hybridized carbons (Fsp3) is 0.370. The second-order valence-corrected chi connectivity index (χ2v) is 9.78. The maximum atomic E-state index is 15.3. The minimum Gasteiger partial charge on any atom is -0.479 e. The lowest BCUT2D eigenvalue weighted by Crippen LogP contribution is -2.21. The predicted molar refractivity (Wildman–Crippen MR) is 133 cm³/mol. The largest absolute Gasteiger partial charge is 0.479 e. The summed E-state index contributed by atoms with van der Waals surface area (Å²) in [5, 5.41) is 14.4. The number of rotatable bonds is 5. The molecule has 8 nitrogen and oxygen atoms in total. The van der Waals surface area contributed by atoms with E-state index in [4.69, 9.17) is 14.8 Å². The number of methoxy groups -OCH3 is 1. The second kappa shape index (κ2) is 8.86. The van der Waals surface area contributed by atoms with Crippen molar-refractivity contribution in [3.8, 4) is 29.2 Å². The molecule has 0 saturated carbocycles. The number of benzene rings is 1. The third kappa shape index (κ3) is 4.02. The zero-order valence-corrected chi connectivity index (χ0v) is 21.1. The van der Waals surface area contributed by atoms with Gasteiger partial charge in [0.2, 0.25) is 5.88 Å². The molecule has 4 heterocycles. The lowest BCUT2D eigenvalue weighted by Gasteiger charge is -2.26. The Kier molecular flexibility index (Phi) is 5.83. The Morgan fingerprint density at radius 1 is 1.19 bits per heavy atom. The standard InChI is InChI=1S/C27H28FN7O/c1-16-11-21(28)19(12-20(16)27(3,4)14-29)18-7-6-10-35-25(18)32-24(33-35)22-8-9-23(26(31-22)36-5)34-13-17(2)30-15-34/h8-9,11-13,15,18H,6-7,10H2,1-5H3/t18-/m0/s1. The maximum Gasteiger partial charge on any atom is 0.238 e. The molecule has 0 N–H and O–H groups in total. The molecule has 1 aromatic carbocycles. The molecule has 184 valence electrons. The topological polar surface area (TPSA) is 94.4 Å².